The van der Waals surface area contributed by atoms with E-state index < -0.39 is 29.6 Å². The summed E-state index contributed by atoms with van der Waals surface area (Å²) in [6.07, 6.45) is 0. The maximum absolute atomic E-state index is 10.2. The van der Waals surface area contributed by atoms with Crippen molar-refractivity contribution in [3.8, 4) is 0 Å². The van der Waals surface area contributed by atoms with Gasteiger partial charge in [0.15, 0.2) is 0 Å². The molecule has 1 atom stereocenters. The second kappa shape index (κ2) is 7.93. The molecular weight excluding hydrogens is 204 g/mol. The van der Waals surface area contributed by atoms with Crippen LogP contribution in [0.2, 0.25) is 0 Å². The SMILES string of the molecule is CC(C)C(=O)C(=O)O.CC(CO)C(=O)O. The number of rotatable bonds is 4. The Hall–Kier alpha value is -1.43. The van der Waals surface area contributed by atoms with E-state index in [0.717, 1.165) is 0 Å². The number of aliphatic carboxylic acids is 2. The average molecular weight is 220 g/mol. The van der Waals surface area contributed by atoms with E-state index in [4.69, 9.17) is 15.3 Å². The molecule has 0 aromatic rings. The molecule has 0 saturated heterocycles. The summed E-state index contributed by atoms with van der Waals surface area (Å²) in [6, 6.07) is 0. The molecule has 0 fully saturated rings. The first-order valence-corrected chi connectivity index (χ1v) is 4.34. The summed E-state index contributed by atoms with van der Waals surface area (Å²) >= 11 is 0. The van der Waals surface area contributed by atoms with E-state index >= 15 is 0 Å². The second-order valence-corrected chi connectivity index (χ2v) is 3.25. The van der Waals surface area contributed by atoms with Crippen molar-refractivity contribution in [1.29, 1.82) is 0 Å². The van der Waals surface area contributed by atoms with Gasteiger partial charge in [0.1, 0.15) is 0 Å². The van der Waals surface area contributed by atoms with Gasteiger partial charge in [-0.25, -0.2) is 4.79 Å². The molecule has 0 saturated carbocycles. The first-order chi connectivity index (χ1) is 6.73. The van der Waals surface area contributed by atoms with Gasteiger partial charge in [-0.2, -0.15) is 0 Å². The monoisotopic (exact) mass is 220 g/mol. The van der Waals surface area contributed by atoms with Crippen molar-refractivity contribution in [3.05, 3.63) is 0 Å². The fraction of sp³-hybridized carbons (Fsp3) is 0.667. The molecule has 88 valence electrons. The van der Waals surface area contributed by atoms with Crippen molar-refractivity contribution in [2.45, 2.75) is 20.8 Å². The first kappa shape index (κ1) is 16.0. The van der Waals surface area contributed by atoms with Crippen molar-refractivity contribution >= 4 is 17.7 Å². The van der Waals surface area contributed by atoms with Crippen LogP contribution in [-0.4, -0.2) is 39.6 Å². The summed E-state index contributed by atoms with van der Waals surface area (Å²) in [7, 11) is 0. The number of ketones is 1. The van der Waals surface area contributed by atoms with E-state index in [0.29, 0.717) is 0 Å². The molecule has 0 aliphatic carbocycles. The minimum atomic E-state index is -1.35. The van der Waals surface area contributed by atoms with Gasteiger partial charge in [0.25, 0.3) is 0 Å². The first-order valence-electron chi connectivity index (χ1n) is 4.34. The highest BCUT2D eigenvalue weighted by Gasteiger charge is 2.14. The summed E-state index contributed by atoms with van der Waals surface area (Å²) < 4.78 is 0. The van der Waals surface area contributed by atoms with Crippen LogP contribution in [-0.2, 0) is 14.4 Å². The topological polar surface area (TPSA) is 112 Å². The van der Waals surface area contributed by atoms with Gasteiger partial charge >= 0.3 is 11.9 Å². The normalized spacial score (nSPS) is 11.3. The highest BCUT2D eigenvalue weighted by Crippen LogP contribution is 1.92. The maximum atomic E-state index is 10.2. The molecule has 15 heavy (non-hydrogen) atoms. The lowest BCUT2D eigenvalue weighted by molar-refractivity contribution is -0.150. The molecule has 0 aromatic heterocycles. The molecular formula is C9H16O6. The van der Waals surface area contributed by atoms with Crippen molar-refractivity contribution in [2.24, 2.45) is 11.8 Å². The number of hydrogen-bond acceptors (Lipinski definition) is 4. The molecule has 0 spiro atoms. The second-order valence-electron chi connectivity index (χ2n) is 3.25. The quantitative estimate of drug-likeness (QED) is 0.575. The van der Waals surface area contributed by atoms with Gasteiger partial charge < -0.3 is 15.3 Å². The largest absolute Gasteiger partial charge is 0.481 e. The van der Waals surface area contributed by atoms with Crippen molar-refractivity contribution in [1.82, 2.24) is 0 Å². The van der Waals surface area contributed by atoms with Crippen LogP contribution in [0.25, 0.3) is 0 Å². The highest BCUT2D eigenvalue weighted by molar-refractivity contribution is 6.33. The Labute approximate surface area is 87.5 Å². The number of carbonyl (C=O) groups is 3. The zero-order valence-electron chi connectivity index (χ0n) is 8.93. The summed E-state index contributed by atoms with van der Waals surface area (Å²) in [5, 5.41) is 24.1. The third-order valence-corrected chi connectivity index (χ3v) is 1.43. The lowest BCUT2D eigenvalue weighted by Gasteiger charge is -1.95. The molecule has 6 nitrogen and oxygen atoms in total. The van der Waals surface area contributed by atoms with Crippen LogP contribution >= 0.6 is 0 Å². The van der Waals surface area contributed by atoms with E-state index in [1.54, 1.807) is 13.8 Å². The van der Waals surface area contributed by atoms with E-state index in [-0.39, 0.29) is 6.61 Å². The molecule has 1 unspecified atom stereocenters. The fourth-order valence-electron chi connectivity index (χ4n) is 0.325. The Morgan fingerprint density at radius 1 is 1.07 bits per heavy atom. The fourth-order valence-corrected chi connectivity index (χ4v) is 0.325. The lowest BCUT2D eigenvalue weighted by atomic mass is 10.1. The number of carbonyl (C=O) groups excluding carboxylic acids is 1. The van der Waals surface area contributed by atoms with Gasteiger partial charge in [-0.05, 0) is 6.92 Å². The standard InChI is InChI=1S/C5H8O3.C4H8O3/c1-3(2)4(6)5(7)8;1-3(2-5)4(6)7/h3H,1-2H3,(H,7,8);3,5H,2H2,1H3,(H,6,7). The summed E-state index contributed by atoms with van der Waals surface area (Å²) in [4.78, 5) is 29.8. The van der Waals surface area contributed by atoms with Gasteiger partial charge in [-0.1, -0.05) is 13.8 Å². The number of Topliss-reactive ketones (excluding diaryl/α,β-unsaturated/α-hetero) is 1. The van der Waals surface area contributed by atoms with E-state index in [1.807, 2.05) is 0 Å². The molecule has 0 bridgehead atoms. The zero-order valence-corrected chi connectivity index (χ0v) is 8.93. The van der Waals surface area contributed by atoms with Gasteiger partial charge in [0.2, 0.25) is 5.78 Å². The average Bonchev–Trinajstić information content (AvgIpc) is 2.15. The van der Waals surface area contributed by atoms with Gasteiger partial charge in [0.05, 0.1) is 12.5 Å². The van der Waals surface area contributed by atoms with Crippen LogP contribution in [0.1, 0.15) is 20.8 Å². The molecule has 0 amide bonds. The van der Waals surface area contributed by atoms with E-state index in [9.17, 15) is 14.4 Å². The molecule has 0 rings (SSSR count). The van der Waals surface area contributed by atoms with Crippen LogP contribution in [0.4, 0.5) is 0 Å². The maximum Gasteiger partial charge on any atom is 0.372 e. The van der Waals surface area contributed by atoms with Gasteiger partial charge in [0, 0.05) is 5.92 Å². The Kier molecular flexibility index (Phi) is 8.46. The summed E-state index contributed by atoms with van der Waals surface area (Å²) in [5.74, 6) is -4.06. The number of carboxylic acid groups (broad SMARTS) is 2. The van der Waals surface area contributed by atoms with Crippen LogP contribution in [0.15, 0.2) is 0 Å². The third-order valence-electron chi connectivity index (χ3n) is 1.43. The summed E-state index contributed by atoms with van der Waals surface area (Å²) in [5.41, 5.74) is 0. The van der Waals surface area contributed by atoms with E-state index in [1.165, 1.54) is 6.92 Å². The molecule has 0 radical (unpaired) electrons. The minimum Gasteiger partial charge on any atom is -0.481 e. The van der Waals surface area contributed by atoms with E-state index in [2.05, 4.69) is 0 Å². The number of aliphatic hydroxyl groups excluding tert-OH is 1. The number of carboxylic acids is 2. The predicted octanol–water partition coefficient (Wildman–Crippen LogP) is -0.00450. The van der Waals surface area contributed by atoms with Crippen molar-refractivity contribution in [2.75, 3.05) is 6.61 Å². The number of aliphatic hydroxyl groups is 1. The Balaban J connectivity index is 0. The van der Waals surface area contributed by atoms with Crippen molar-refractivity contribution < 1.29 is 29.7 Å². The smallest absolute Gasteiger partial charge is 0.372 e. The minimum absolute atomic E-state index is 0.282. The van der Waals surface area contributed by atoms with Crippen LogP contribution in [0, 0.1) is 11.8 Å². The Morgan fingerprint density at radius 2 is 1.47 bits per heavy atom. The van der Waals surface area contributed by atoms with Gasteiger partial charge in [-0.15, -0.1) is 0 Å². The van der Waals surface area contributed by atoms with Crippen LogP contribution < -0.4 is 0 Å². The highest BCUT2D eigenvalue weighted by atomic mass is 16.4. The Bertz CT molecular complexity index is 233. The molecule has 6 heteroatoms. The van der Waals surface area contributed by atoms with Crippen molar-refractivity contribution in [3.63, 3.8) is 0 Å². The third kappa shape index (κ3) is 8.89. The lowest BCUT2D eigenvalue weighted by Crippen LogP contribution is -2.18. The molecule has 0 aromatic carbocycles. The Morgan fingerprint density at radius 3 is 1.47 bits per heavy atom. The molecule has 0 aliphatic rings. The molecule has 0 heterocycles. The number of hydrogen-bond donors (Lipinski definition) is 3. The summed E-state index contributed by atoms with van der Waals surface area (Å²) in [6.45, 7) is 4.27. The van der Waals surface area contributed by atoms with Crippen LogP contribution in [0.3, 0.4) is 0 Å². The molecule has 0 aliphatic heterocycles. The van der Waals surface area contributed by atoms with Crippen LogP contribution in [0.5, 0.6) is 0 Å². The predicted molar refractivity (Wildman–Crippen MR) is 51.4 cm³/mol. The van der Waals surface area contributed by atoms with Gasteiger partial charge in [-0.3, -0.25) is 9.59 Å². The zero-order chi connectivity index (χ0) is 12.6. The molecule has 3 N–H and O–H groups in total.